The van der Waals surface area contributed by atoms with Crippen molar-refractivity contribution in [3.8, 4) is 5.75 Å². The summed E-state index contributed by atoms with van der Waals surface area (Å²) in [5, 5.41) is 9.15. The lowest BCUT2D eigenvalue weighted by atomic mass is 10.1. The van der Waals surface area contributed by atoms with Crippen LogP contribution in [-0.2, 0) is 33.4 Å². The Labute approximate surface area is 160 Å². The van der Waals surface area contributed by atoms with E-state index in [-0.39, 0.29) is 24.2 Å². The van der Waals surface area contributed by atoms with Gasteiger partial charge in [0.2, 0.25) is 5.89 Å². The molecule has 2 aliphatic rings. The van der Waals surface area contributed by atoms with Crippen molar-refractivity contribution >= 4 is 33.2 Å². The summed E-state index contributed by atoms with van der Waals surface area (Å²) in [6.07, 6.45) is 1.15. The van der Waals surface area contributed by atoms with E-state index in [2.05, 4.69) is 10.2 Å². The van der Waals surface area contributed by atoms with Crippen LogP contribution < -0.4 is 4.74 Å². The second kappa shape index (κ2) is 7.38. The van der Waals surface area contributed by atoms with Gasteiger partial charge in [0.25, 0.3) is 5.22 Å². The Bertz CT molecular complexity index is 915. The van der Waals surface area contributed by atoms with Gasteiger partial charge >= 0.3 is 0 Å². The third kappa shape index (κ3) is 4.16. The molecular formula is C16H17ClN2O5S2. The molecule has 1 aromatic carbocycles. The molecule has 4 rings (SSSR count). The van der Waals surface area contributed by atoms with Crippen molar-refractivity contribution < 1.29 is 22.3 Å². The van der Waals surface area contributed by atoms with Gasteiger partial charge in [0.05, 0.1) is 18.1 Å². The lowest BCUT2D eigenvalue weighted by Gasteiger charge is -2.20. The Hall–Kier alpha value is -1.29. The Balaban J connectivity index is 1.40. The fourth-order valence-corrected chi connectivity index (χ4v) is 6.03. The summed E-state index contributed by atoms with van der Waals surface area (Å²) in [4.78, 5) is 0. The molecule has 1 aromatic heterocycles. The number of thioether (sulfide) groups is 1. The molecule has 0 unspecified atom stereocenters. The highest BCUT2D eigenvalue weighted by Crippen LogP contribution is 2.35. The van der Waals surface area contributed by atoms with Crippen molar-refractivity contribution in [3.63, 3.8) is 0 Å². The Morgan fingerprint density at radius 2 is 2.19 bits per heavy atom. The lowest BCUT2D eigenvalue weighted by molar-refractivity contribution is -0.0168. The van der Waals surface area contributed by atoms with Crippen LogP contribution in [0.3, 0.4) is 0 Å². The molecule has 0 bridgehead atoms. The molecule has 0 saturated carbocycles. The zero-order chi connectivity index (χ0) is 18.1. The van der Waals surface area contributed by atoms with E-state index in [0.717, 1.165) is 16.9 Å². The van der Waals surface area contributed by atoms with Gasteiger partial charge in [0.15, 0.2) is 16.6 Å². The molecule has 140 valence electrons. The Morgan fingerprint density at radius 1 is 1.31 bits per heavy atom. The van der Waals surface area contributed by atoms with E-state index in [4.69, 9.17) is 25.5 Å². The fourth-order valence-electron chi connectivity index (χ4n) is 3.16. The van der Waals surface area contributed by atoms with E-state index >= 15 is 0 Å². The number of benzene rings is 1. The third-order valence-electron chi connectivity index (χ3n) is 4.34. The second-order valence-corrected chi connectivity index (χ2v) is 9.98. The molecule has 26 heavy (non-hydrogen) atoms. The van der Waals surface area contributed by atoms with Crippen LogP contribution in [0, 0.1) is 5.92 Å². The summed E-state index contributed by atoms with van der Waals surface area (Å²) in [6, 6.07) is 3.70. The van der Waals surface area contributed by atoms with Gasteiger partial charge in [-0.15, -0.1) is 10.2 Å². The van der Waals surface area contributed by atoms with Crippen LogP contribution in [-0.4, -0.2) is 36.9 Å². The van der Waals surface area contributed by atoms with Crippen LogP contribution >= 0.6 is 23.4 Å². The molecule has 1 saturated heterocycles. The van der Waals surface area contributed by atoms with Gasteiger partial charge in [0.1, 0.15) is 5.75 Å². The first-order chi connectivity index (χ1) is 12.5. The van der Waals surface area contributed by atoms with Crippen molar-refractivity contribution in [2.24, 2.45) is 5.92 Å². The monoisotopic (exact) mass is 416 g/mol. The predicted octanol–water partition coefficient (Wildman–Crippen LogP) is 2.86. The van der Waals surface area contributed by atoms with Crippen LogP contribution in [0.25, 0.3) is 0 Å². The van der Waals surface area contributed by atoms with Crippen LogP contribution in [0.15, 0.2) is 21.8 Å². The number of hydrogen-bond donors (Lipinski definition) is 0. The number of halogens is 1. The summed E-state index contributed by atoms with van der Waals surface area (Å²) in [5.41, 5.74) is 1.87. The van der Waals surface area contributed by atoms with E-state index in [1.54, 1.807) is 0 Å². The molecular weight excluding hydrogens is 400 g/mol. The van der Waals surface area contributed by atoms with Gasteiger partial charge in [-0.1, -0.05) is 23.4 Å². The van der Waals surface area contributed by atoms with Crippen LogP contribution in [0.4, 0.5) is 0 Å². The summed E-state index contributed by atoms with van der Waals surface area (Å²) < 4.78 is 39.6. The SMILES string of the molecule is O=S1(=O)CC[C@H](Cc2nnc(SCc3cc(Cl)cc4c3OCOC4)o2)C1. The highest BCUT2D eigenvalue weighted by Gasteiger charge is 2.29. The maximum absolute atomic E-state index is 11.5. The van der Waals surface area contributed by atoms with Crippen molar-refractivity contribution in [1.29, 1.82) is 0 Å². The summed E-state index contributed by atoms with van der Waals surface area (Å²) in [5.74, 6) is 2.36. The van der Waals surface area contributed by atoms with Crippen molar-refractivity contribution in [3.05, 3.63) is 34.2 Å². The zero-order valence-corrected chi connectivity index (χ0v) is 16.2. The molecule has 1 atom stereocenters. The van der Waals surface area contributed by atoms with Gasteiger partial charge in [-0.2, -0.15) is 0 Å². The molecule has 0 N–H and O–H groups in total. The number of nitrogens with zero attached hydrogens (tertiary/aromatic N) is 2. The first-order valence-corrected chi connectivity index (χ1v) is 11.3. The quantitative estimate of drug-likeness (QED) is 0.687. The first-order valence-electron chi connectivity index (χ1n) is 8.16. The molecule has 0 amide bonds. The first kappa shape index (κ1) is 18.1. The van der Waals surface area contributed by atoms with Crippen molar-refractivity contribution in [2.75, 3.05) is 18.3 Å². The molecule has 10 heteroatoms. The van der Waals surface area contributed by atoms with Gasteiger partial charge in [-0.3, -0.25) is 0 Å². The minimum Gasteiger partial charge on any atom is -0.467 e. The zero-order valence-electron chi connectivity index (χ0n) is 13.8. The molecule has 0 aliphatic carbocycles. The second-order valence-electron chi connectivity index (χ2n) is 6.39. The van der Waals surface area contributed by atoms with Gasteiger partial charge in [-0.25, -0.2) is 8.42 Å². The largest absolute Gasteiger partial charge is 0.467 e. The topological polar surface area (TPSA) is 91.5 Å². The average Bonchev–Trinajstić information content (AvgIpc) is 3.18. The maximum atomic E-state index is 11.5. The molecule has 0 spiro atoms. The number of rotatable bonds is 5. The Kier molecular flexibility index (Phi) is 5.13. The van der Waals surface area contributed by atoms with Gasteiger partial charge in [-0.05, 0) is 24.5 Å². The van der Waals surface area contributed by atoms with Crippen LogP contribution in [0.1, 0.15) is 23.4 Å². The highest BCUT2D eigenvalue weighted by molar-refractivity contribution is 7.98. The van der Waals surface area contributed by atoms with E-state index in [9.17, 15) is 8.42 Å². The number of aromatic nitrogens is 2. The predicted molar refractivity (Wildman–Crippen MR) is 96.1 cm³/mol. The Morgan fingerprint density at radius 3 is 3.00 bits per heavy atom. The fraction of sp³-hybridized carbons (Fsp3) is 0.500. The lowest BCUT2D eigenvalue weighted by Crippen LogP contribution is -2.12. The normalized spacial score (nSPS) is 21.3. The summed E-state index contributed by atoms with van der Waals surface area (Å²) in [6.45, 7) is 0.698. The van der Waals surface area contributed by atoms with Crippen molar-refractivity contribution in [2.45, 2.75) is 30.4 Å². The third-order valence-corrected chi connectivity index (χ3v) is 7.26. The minimum absolute atomic E-state index is 0.0617. The number of ether oxygens (including phenoxy) is 2. The number of fused-ring (bicyclic) bond motifs is 1. The van der Waals surface area contributed by atoms with E-state index in [1.807, 2.05) is 12.1 Å². The summed E-state index contributed by atoms with van der Waals surface area (Å²) >= 11 is 7.56. The van der Waals surface area contributed by atoms with E-state index in [0.29, 0.717) is 41.3 Å². The average molecular weight is 417 g/mol. The van der Waals surface area contributed by atoms with Crippen LogP contribution in [0.2, 0.25) is 5.02 Å². The smallest absolute Gasteiger partial charge is 0.276 e. The van der Waals surface area contributed by atoms with Crippen molar-refractivity contribution in [1.82, 2.24) is 10.2 Å². The van der Waals surface area contributed by atoms with Gasteiger partial charge < -0.3 is 13.9 Å². The molecule has 1 fully saturated rings. The van der Waals surface area contributed by atoms with E-state index in [1.165, 1.54) is 11.8 Å². The molecule has 0 radical (unpaired) electrons. The highest BCUT2D eigenvalue weighted by atomic mass is 35.5. The minimum atomic E-state index is -2.90. The molecule has 2 aromatic rings. The van der Waals surface area contributed by atoms with E-state index < -0.39 is 9.84 Å². The molecule has 3 heterocycles. The molecule has 7 nitrogen and oxygen atoms in total. The number of sulfone groups is 1. The summed E-state index contributed by atoms with van der Waals surface area (Å²) in [7, 11) is -2.90. The maximum Gasteiger partial charge on any atom is 0.276 e. The number of hydrogen-bond acceptors (Lipinski definition) is 8. The molecule has 2 aliphatic heterocycles. The van der Waals surface area contributed by atoms with Gasteiger partial charge in [0, 0.05) is 28.3 Å². The van der Waals surface area contributed by atoms with Crippen LogP contribution in [0.5, 0.6) is 5.75 Å². The standard InChI is InChI=1S/C16H17ClN2O5S2/c17-13-4-11-6-22-9-23-15(11)12(5-13)7-25-16-19-18-14(24-16)3-10-1-2-26(20,21)8-10/h4-5,10H,1-3,6-9H2/t10-/m1/s1.